The third-order valence-electron chi connectivity index (χ3n) is 5.37. The van der Waals surface area contributed by atoms with Crippen LogP contribution in [0.3, 0.4) is 0 Å². The predicted molar refractivity (Wildman–Crippen MR) is 121 cm³/mol. The standard InChI is InChI=1S/C25H26ClNO4/c1-24(2,3)22(29)19-17(14-25(4,5)23(30)31)20(27-13-7-6-8-18(19)27)21(28)15-9-11-16(26)12-10-15/h6-13H,14H2,1-5H3,(H,30,31). The van der Waals surface area contributed by atoms with E-state index in [-0.39, 0.29) is 18.0 Å². The zero-order valence-corrected chi connectivity index (χ0v) is 19.1. The van der Waals surface area contributed by atoms with E-state index in [1.165, 1.54) is 0 Å². The number of hydrogen-bond donors (Lipinski definition) is 1. The molecule has 0 aliphatic rings. The highest BCUT2D eigenvalue weighted by Crippen LogP contribution is 2.36. The lowest BCUT2D eigenvalue weighted by Gasteiger charge is -2.22. The number of aromatic nitrogens is 1. The van der Waals surface area contributed by atoms with Gasteiger partial charge in [-0.15, -0.1) is 0 Å². The monoisotopic (exact) mass is 439 g/mol. The Hall–Kier alpha value is -2.92. The molecule has 0 aliphatic heterocycles. The summed E-state index contributed by atoms with van der Waals surface area (Å²) < 4.78 is 1.70. The van der Waals surface area contributed by atoms with E-state index in [2.05, 4.69) is 0 Å². The average Bonchev–Trinajstić information content (AvgIpc) is 2.99. The number of carbonyl (C=O) groups excluding carboxylic acids is 2. The first-order chi connectivity index (χ1) is 14.3. The summed E-state index contributed by atoms with van der Waals surface area (Å²) in [5, 5.41) is 10.3. The third-order valence-corrected chi connectivity index (χ3v) is 5.62. The van der Waals surface area contributed by atoms with Gasteiger partial charge in [-0.3, -0.25) is 14.4 Å². The number of carboxylic acids is 1. The third kappa shape index (κ3) is 4.28. The van der Waals surface area contributed by atoms with Gasteiger partial charge in [0.05, 0.1) is 16.6 Å². The van der Waals surface area contributed by atoms with Crippen LogP contribution < -0.4 is 0 Å². The van der Waals surface area contributed by atoms with Crippen molar-refractivity contribution in [2.75, 3.05) is 0 Å². The van der Waals surface area contributed by atoms with Crippen LogP contribution in [0.2, 0.25) is 5.02 Å². The highest BCUT2D eigenvalue weighted by Gasteiger charge is 2.37. The van der Waals surface area contributed by atoms with Crippen LogP contribution in [0.4, 0.5) is 0 Å². The average molecular weight is 440 g/mol. The van der Waals surface area contributed by atoms with Gasteiger partial charge in [-0.25, -0.2) is 0 Å². The van der Waals surface area contributed by atoms with Crippen molar-refractivity contribution < 1.29 is 19.5 Å². The van der Waals surface area contributed by atoms with Gasteiger partial charge in [0.1, 0.15) is 0 Å². The van der Waals surface area contributed by atoms with E-state index in [1.807, 2.05) is 20.8 Å². The van der Waals surface area contributed by atoms with Gasteiger partial charge < -0.3 is 9.51 Å². The Kier molecular flexibility index (Phi) is 5.85. The molecule has 5 nitrogen and oxygen atoms in total. The molecular formula is C25H26ClNO4. The van der Waals surface area contributed by atoms with Crippen LogP contribution in [0, 0.1) is 10.8 Å². The molecule has 3 rings (SSSR count). The second-order valence-electron chi connectivity index (χ2n) is 9.44. The molecule has 0 aliphatic carbocycles. The number of carbonyl (C=O) groups is 3. The van der Waals surface area contributed by atoms with Crippen molar-refractivity contribution in [2.45, 2.75) is 41.0 Å². The van der Waals surface area contributed by atoms with Gasteiger partial charge >= 0.3 is 5.97 Å². The molecule has 31 heavy (non-hydrogen) atoms. The lowest BCUT2D eigenvalue weighted by atomic mass is 9.79. The minimum atomic E-state index is -1.17. The number of halogens is 1. The molecule has 1 N–H and O–H groups in total. The van der Waals surface area contributed by atoms with Crippen molar-refractivity contribution >= 4 is 34.7 Å². The summed E-state index contributed by atoms with van der Waals surface area (Å²) in [5.41, 5.74) is 0.290. The van der Waals surface area contributed by atoms with Crippen LogP contribution in [0.25, 0.3) is 5.52 Å². The van der Waals surface area contributed by atoms with Crippen molar-refractivity contribution in [3.05, 3.63) is 76.1 Å². The summed E-state index contributed by atoms with van der Waals surface area (Å²) in [6.45, 7) is 8.64. The number of hydrogen-bond acceptors (Lipinski definition) is 3. The fourth-order valence-electron chi connectivity index (χ4n) is 3.56. The fraction of sp³-hybridized carbons (Fsp3) is 0.320. The Labute approximate surface area is 186 Å². The summed E-state index contributed by atoms with van der Waals surface area (Å²) in [7, 11) is 0. The van der Waals surface area contributed by atoms with Crippen molar-refractivity contribution in [3.8, 4) is 0 Å². The van der Waals surface area contributed by atoms with Crippen LogP contribution in [-0.2, 0) is 11.2 Å². The molecule has 162 valence electrons. The van der Waals surface area contributed by atoms with Gasteiger partial charge in [-0.2, -0.15) is 0 Å². The number of Topliss-reactive ketones (excluding diaryl/α,β-unsaturated/α-hetero) is 1. The Morgan fingerprint density at radius 1 is 0.968 bits per heavy atom. The lowest BCUT2D eigenvalue weighted by Crippen LogP contribution is -2.29. The van der Waals surface area contributed by atoms with E-state index in [9.17, 15) is 19.5 Å². The second kappa shape index (κ2) is 7.97. The van der Waals surface area contributed by atoms with Gasteiger partial charge in [0.2, 0.25) is 5.78 Å². The van der Waals surface area contributed by atoms with Crippen LogP contribution in [0.1, 0.15) is 66.6 Å². The maximum Gasteiger partial charge on any atom is 0.309 e. The SMILES string of the molecule is CC(C)(C)C(=O)c1c(CC(C)(C)C(=O)O)c(C(=O)c2ccc(Cl)cc2)n2ccccc12. The molecule has 0 spiro atoms. The molecule has 0 radical (unpaired) electrons. The first kappa shape index (κ1) is 22.8. The van der Waals surface area contributed by atoms with E-state index < -0.39 is 16.8 Å². The number of pyridine rings is 1. The Bertz CT molecular complexity index is 1180. The number of ketones is 2. The van der Waals surface area contributed by atoms with E-state index in [4.69, 9.17) is 11.6 Å². The number of benzene rings is 1. The van der Waals surface area contributed by atoms with Crippen LogP contribution in [-0.4, -0.2) is 27.0 Å². The smallest absolute Gasteiger partial charge is 0.309 e. The number of aliphatic carboxylic acids is 1. The van der Waals surface area contributed by atoms with Crippen LogP contribution >= 0.6 is 11.6 Å². The summed E-state index contributed by atoms with van der Waals surface area (Å²) in [6.07, 6.45) is 1.77. The van der Waals surface area contributed by atoms with Crippen molar-refractivity contribution in [1.82, 2.24) is 4.40 Å². The second-order valence-corrected chi connectivity index (χ2v) is 9.88. The minimum absolute atomic E-state index is 0.0375. The quantitative estimate of drug-likeness (QED) is 0.499. The highest BCUT2D eigenvalue weighted by atomic mass is 35.5. The van der Waals surface area contributed by atoms with Gasteiger partial charge in [0, 0.05) is 27.8 Å². The van der Waals surface area contributed by atoms with Crippen LogP contribution in [0.15, 0.2) is 48.7 Å². The minimum Gasteiger partial charge on any atom is -0.481 e. The molecule has 0 fully saturated rings. The highest BCUT2D eigenvalue weighted by molar-refractivity contribution is 6.30. The largest absolute Gasteiger partial charge is 0.481 e. The number of nitrogens with zero attached hydrogens (tertiary/aromatic N) is 1. The van der Waals surface area contributed by atoms with E-state index in [1.54, 1.807) is 66.9 Å². The van der Waals surface area contributed by atoms with Crippen molar-refractivity contribution in [3.63, 3.8) is 0 Å². The zero-order chi connectivity index (χ0) is 23.1. The number of carboxylic acid groups (broad SMARTS) is 1. The lowest BCUT2D eigenvalue weighted by molar-refractivity contribution is -0.146. The molecule has 2 aromatic heterocycles. The van der Waals surface area contributed by atoms with Gasteiger partial charge in [-0.1, -0.05) is 38.4 Å². The van der Waals surface area contributed by atoms with E-state index >= 15 is 0 Å². The Balaban J connectivity index is 2.38. The first-order valence-electron chi connectivity index (χ1n) is 10.0. The molecule has 0 saturated heterocycles. The predicted octanol–water partition coefficient (Wildman–Crippen LogP) is 5.71. The fourth-order valence-corrected chi connectivity index (χ4v) is 3.69. The molecule has 0 saturated carbocycles. The van der Waals surface area contributed by atoms with Crippen molar-refractivity contribution in [1.29, 1.82) is 0 Å². The normalized spacial score (nSPS) is 12.2. The molecule has 1 aromatic carbocycles. The summed E-state index contributed by atoms with van der Waals surface area (Å²) in [4.78, 5) is 39.0. The summed E-state index contributed by atoms with van der Waals surface area (Å²) >= 11 is 5.98. The van der Waals surface area contributed by atoms with E-state index in [0.717, 1.165) is 0 Å². The molecule has 3 aromatic rings. The van der Waals surface area contributed by atoms with Crippen LogP contribution in [0.5, 0.6) is 0 Å². The number of fused-ring (bicyclic) bond motifs is 1. The number of rotatable bonds is 6. The molecule has 0 amide bonds. The molecule has 2 heterocycles. The molecular weight excluding hydrogens is 414 g/mol. The summed E-state index contributed by atoms with van der Waals surface area (Å²) in [5.74, 6) is -1.42. The molecule has 6 heteroatoms. The van der Waals surface area contributed by atoms with Gasteiger partial charge in [-0.05, 0) is 62.2 Å². The van der Waals surface area contributed by atoms with Crippen molar-refractivity contribution in [2.24, 2.45) is 10.8 Å². The zero-order valence-electron chi connectivity index (χ0n) is 18.3. The summed E-state index contributed by atoms with van der Waals surface area (Å²) in [6, 6.07) is 11.9. The van der Waals surface area contributed by atoms with Gasteiger partial charge in [0.25, 0.3) is 0 Å². The maximum absolute atomic E-state index is 13.6. The molecule has 0 bridgehead atoms. The Morgan fingerprint density at radius 3 is 2.13 bits per heavy atom. The van der Waals surface area contributed by atoms with Gasteiger partial charge in [0.15, 0.2) is 5.78 Å². The molecule has 0 unspecified atom stereocenters. The first-order valence-corrected chi connectivity index (χ1v) is 10.4. The maximum atomic E-state index is 13.6. The Morgan fingerprint density at radius 2 is 1.58 bits per heavy atom. The topological polar surface area (TPSA) is 75.8 Å². The molecule has 0 atom stereocenters. The van der Waals surface area contributed by atoms with E-state index in [0.29, 0.717) is 32.9 Å².